The van der Waals surface area contributed by atoms with Crippen molar-refractivity contribution in [3.8, 4) is 0 Å². The molecule has 0 radical (unpaired) electrons. The third-order valence-electron chi connectivity index (χ3n) is 3.05. The zero-order valence-electron chi connectivity index (χ0n) is 11.3. The predicted molar refractivity (Wildman–Crippen MR) is 69.9 cm³/mol. The fourth-order valence-electron chi connectivity index (χ4n) is 2.11. The molecule has 20 heavy (non-hydrogen) atoms. The van der Waals surface area contributed by atoms with Gasteiger partial charge in [-0.25, -0.2) is 9.78 Å². The standard InChI is InChI=1S/C12H14N4O4/c1-12(2)19-5-7(20-12)4-16-6-13-9-8(16)10(17)14-11(18)15(9)3/h5-6H,4H2,1-3H3,(H,14,17,18). The molecular formula is C12H14N4O4. The Morgan fingerprint density at radius 1 is 1.40 bits per heavy atom. The van der Waals surface area contributed by atoms with E-state index >= 15 is 0 Å². The van der Waals surface area contributed by atoms with Gasteiger partial charge in [0.15, 0.2) is 16.9 Å². The highest BCUT2D eigenvalue weighted by Gasteiger charge is 2.28. The smallest absolute Gasteiger partial charge is 0.329 e. The maximum atomic E-state index is 11.9. The number of aromatic amines is 1. The first kappa shape index (κ1) is 12.5. The van der Waals surface area contributed by atoms with E-state index in [1.165, 1.54) is 17.2 Å². The van der Waals surface area contributed by atoms with Crippen LogP contribution in [0.4, 0.5) is 0 Å². The summed E-state index contributed by atoms with van der Waals surface area (Å²) in [5, 5.41) is 0. The van der Waals surface area contributed by atoms with Gasteiger partial charge >= 0.3 is 5.69 Å². The summed E-state index contributed by atoms with van der Waals surface area (Å²) < 4.78 is 13.8. The topological polar surface area (TPSA) is 91.1 Å². The molecule has 3 rings (SSSR count). The SMILES string of the molecule is Cn1c(=O)[nH]c(=O)c2c1ncn2CC1=COC(C)(C)O1. The largest absolute Gasteiger partial charge is 0.457 e. The van der Waals surface area contributed by atoms with Crippen molar-refractivity contribution in [1.29, 1.82) is 0 Å². The Labute approximate surface area is 113 Å². The predicted octanol–water partition coefficient (Wildman–Crippen LogP) is 0.0476. The highest BCUT2D eigenvalue weighted by molar-refractivity contribution is 5.69. The van der Waals surface area contributed by atoms with E-state index in [4.69, 9.17) is 9.47 Å². The van der Waals surface area contributed by atoms with E-state index in [2.05, 4.69) is 9.97 Å². The van der Waals surface area contributed by atoms with Crippen molar-refractivity contribution in [2.45, 2.75) is 26.2 Å². The van der Waals surface area contributed by atoms with E-state index in [1.54, 1.807) is 25.5 Å². The van der Waals surface area contributed by atoms with Crippen molar-refractivity contribution >= 4 is 11.2 Å². The van der Waals surface area contributed by atoms with Gasteiger partial charge in [0, 0.05) is 20.9 Å². The second-order valence-corrected chi connectivity index (χ2v) is 5.07. The molecule has 0 saturated carbocycles. The average Bonchev–Trinajstić information content (AvgIpc) is 2.91. The van der Waals surface area contributed by atoms with Crippen LogP contribution in [0, 0.1) is 0 Å². The minimum atomic E-state index is -0.703. The van der Waals surface area contributed by atoms with E-state index in [9.17, 15) is 9.59 Å². The summed E-state index contributed by atoms with van der Waals surface area (Å²) in [6, 6.07) is 0. The lowest BCUT2D eigenvalue weighted by Crippen LogP contribution is -2.29. The molecule has 0 aliphatic carbocycles. The van der Waals surface area contributed by atoms with Crippen LogP contribution in [0.2, 0.25) is 0 Å². The van der Waals surface area contributed by atoms with Crippen LogP contribution in [0.3, 0.4) is 0 Å². The normalized spacial score (nSPS) is 16.9. The third kappa shape index (κ3) is 1.89. The summed E-state index contributed by atoms with van der Waals surface area (Å²) in [7, 11) is 1.55. The number of hydrogen-bond donors (Lipinski definition) is 1. The Morgan fingerprint density at radius 3 is 2.80 bits per heavy atom. The molecule has 1 aliphatic heterocycles. The number of aryl methyl sites for hydroxylation is 1. The monoisotopic (exact) mass is 278 g/mol. The van der Waals surface area contributed by atoms with Gasteiger partial charge < -0.3 is 14.0 Å². The number of nitrogens with one attached hydrogen (secondary N) is 1. The minimum absolute atomic E-state index is 0.307. The van der Waals surface area contributed by atoms with E-state index < -0.39 is 17.0 Å². The second kappa shape index (κ2) is 3.99. The summed E-state index contributed by atoms with van der Waals surface area (Å²) in [5.74, 6) is -0.118. The molecule has 0 unspecified atom stereocenters. The first-order valence-corrected chi connectivity index (χ1v) is 6.07. The molecule has 8 heteroatoms. The Bertz CT molecular complexity index is 824. The van der Waals surface area contributed by atoms with Crippen LogP contribution in [-0.4, -0.2) is 24.9 Å². The zero-order chi connectivity index (χ0) is 14.5. The molecule has 0 saturated heterocycles. The molecule has 0 spiro atoms. The molecular weight excluding hydrogens is 264 g/mol. The molecule has 2 aromatic rings. The number of ether oxygens (including phenoxy) is 2. The lowest BCUT2D eigenvalue weighted by Gasteiger charge is -2.18. The number of rotatable bonds is 2. The highest BCUT2D eigenvalue weighted by atomic mass is 16.7. The maximum absolute atomic E-state index is 11.9. The van der Waals surface area contributed by atoms with Gasteiger partial charge in [-0.2, -0.15) is 0 Å². The van der Waals surface area contributed by atoms with Crippen molar-refractivity contribution in [3.05, 3.63) is 39.2 Å². The maximum Gasteiger partial charge on any atom is 0.329 e. The number of H-pyrrole nitrogens is 1. The van der Waals surface area contributed by atoms with Crippen LogP contribution in [0.15, 0.2) is 27.9 Å². The van der Waals surface area contributed by atoms with Crippen molar-refractivity contribution in [2.24, 2.45) is 7.05 Å². The summed E-state index contributed by atoms with van der Waals surface area (Å²) in [5.41, 5.74) is -0.313. The quantitative estimate of drug-likeness (QED) is 0.838. The van der Waals surface area contributed by atoms with Crippen molar-refractivity contribution < 1.29 is 9.47 Å². The molecule has 1 aliphatic rings. The first-order valence-electron chi connectivity index (χ1n) is 6.07. The van der Waals surface area contributed by atoms with Crippen molar-refractivity contribution in [1.82, 2.24) is 19.1 Å². The number of hydrogen-bond acceptors (Lipinski definition) is 5. The van der Waals surface area contributed by atoms with E-state index in [-0.39, 0.29) is 0 Å². The Kier molecular flexibility index (Phi) is 2.50. The average molecular weight is 278 g/mol. The fraction of sp³-hybridized carbons (Fsp3) is 0.417. The molecule has 1 N–H and O–H groups in total. The van der Waals surface area contributed by atoms with Crippen molar-refractivity contribution in [2.75, 3.05) is 0 Å². The van der Waals surface area contributed by atoms with Gasteiger partial charge in [0.1, 0.15) is 6.26 Å². The van der Waals surface area contributed by atoms with E-state index in [0.717, 1.165) is 0 Å². The molecule has 106 valence electrons. The van der Waals surface area contributed by atoms with Gasteiger partial charge in [-0.1, -0.05) is 0 Å². The number of nitrogens with zero attached hydrogens (tertiary/aromatic N) is 3. The molecule has 8 nitrogen and oxygen atoms in total. The molecule has 0 aromatic carbocycles. The number of allylic oxidation sites excluding steroid dienone is 1. The Morgan fingerprint density at radius 2 is 2.15 bits per heavy atom. The zero-order valence-corrected chi connectivity index (χ0v) is 11.3. The number of aromatic nitrogens is 4. The van der Waals surface area contributed by atoms with Gasteiger partial charge in [-0.15, -0.1) is 0 Å². The fourth-order valence-corrected chi connectivity index (χ4v) is 2.11. The van der Waals surface area contributed by atoms with Crippen LogP contribution >= 0.6 is 0 Å². The van der Waals surface area contributed by atoms with Crippen molar-refractivity contribution in [3.63, 3.8) is 0 Å². The van der Waals surface area contributed by atoms with Crippen LogP contribution < -0.4 is 11.2 Å². The van der Waals surface area contributed by atoms with Crippen LogP contribution in [-0.2, 0) is 23.1 Å². The van der Waals surface area contributed by atoms with Gasteiger partial charge in [-0.05, 0) is 0 Å². The molecule has 0 amide bonds. The molecule has 2 aromatic heterocycles. The number of imidazole rings is 1. The summed E-state index contributed by atoms with van der Waals surface area (Å²) >= 11 is 0. The van der Waals surface area contributed by atoms with Gasteiger partial charge in [0.2, 0.25) is 5.79 Å². The lowest BCUT2D eigenvalue weighted by molar-refractivity contribution is -0.118. The Balaban J connectivity index is 2.04. The second-order valence-electron chi connectivity index (χ2n) is 5.07. The number of fused-ring (bicyclic) bond motifs is 1. The first-order chi connectivity index (χ1) is 9.37. The molecule has 0 bridgehead atoms. The van der Waals surface area contributed by atoms with Gasteiger partial charge in [0.05, 0.1) is 12.9 Å². The lowest BCUT2D eigenvalue weighted by atomic mass is 10.4. The van der Waals surface area contributed by atoms with Crippen LogP contribution in [0.5, 0.6) is 0 Å². The third-order valence-corrected chi connectivity index (χ3v) is 3.05. The van der Waals surface area contributed by atoms with E-state index in [1.807, 2.05) is 0 Å². The van der Waals surface area contributed by atoms with Crippen LogP contribution in [0.1, 0.15) is 13.8 Å². The van der Waals surface area contributed by atoms with Crippen LogP contribution in [0.25, 0.3) is 11.2 Å². The van der Waals surface area contributed by atoms with Gasteiger partial charge in [-0.3, -0.25) is 14.3 Å². The molecule has 0 fully saturated rings. The Hall–Kier alpha value is -2.51. The minimum Gasteiger partial charge on any atom is -0.457 e. The summed E-state index contributed by atoms with van der Waals surface area (Å²) in [4.78, 5) is 29.8. The molecule has 3 heterocycles. The summed E-state index contributed by atoms with van der Waals surface area (Å²) in [6.45, 7) is 3.89. The van der Waals surface area contributed by atoms with Gasteiger partial charge in [0.25, 0.3) is 5.56 Å². The van der Waals surface area contributed by atoms with E-state index in [0.29, 0.717) is 23.5 Å². The molecule has 0 atom stereocenters. The highest BCUT2D eigenvalue weighted by Crippen LogP contribution is 2.25. The summed E-state index contributed by atoms with van der Waals surface area (Å²) in [6.07, 6.45) is 3.01.